The van der Waals surface area contributed by atoms with E-state index in [9.17, 15) is 0 Å². The molecule has 0 aliphatic rings. The molecule has 0 amide bonds. The third-order valence-electron chi connectivity index (χ3n) is 1.00. The molecule has 0 bridgehead atoms. The van der Waals surface area contributed by atoms with E-state index in [1.54, 1.807) is 12.2 Å². The van der Waals surface area contributed by atoms with Crippen molar-refractivity contribution in [1.29, 1.82) is 0 Å². The maximum absolute atomic E-state index is 3.36. The Morgan fingerprint density at radius 1 is 0.857 bits per heavy atom. The predicted octanol–water partition coefficient (Wildman–Crippen LogP) is 8.07. The second kappa shape index (κ2) is 112. The molecule has 0 heterocycles. The minimum Gasteiger partial charge on any atom is -0.269 e. The SMILES string of the molecule is C.C/C=C\C.C=CC=C.CCC.CCCC.C[SiH2]C.F.I.[HH]. The average molecular weight is 439 g/mol. The average Bonchev–Trinajstić information content (AvgIpc) is 2.40. The molecule has 21 heavy (non-hydrogen) atoms. The highest BCUT2D eigenvalue weighted by molar-refractivity contribution is 14.0. The second-order valence-corrected chi connectivity index (χ2v) is 4.97. The lowest BCUT2D eigenvalue weighted by Crippen LogP contribution is -1.53. The first-order chi connectivity index (χ1) is 8.57. The van der Waals surface area contributed by atoms with E-state index in [1.807, 2.05) is 26.0 Å². The number of hydrogen-bond donors (Lipinski definition) is 0. The van der Waals surface area contributed by atoms with Crippen molar-refractivity contribution >= 4 is 33.5 Å². The molecule has 3 heteroatoms. The lowest BCUT2D eigenvalue weighted by atomic mass is 10.4. The molecular formula is C18H48FISi. The van der Waals surface area contributed by atoms with E-state index < -0.39 is 0 Å². The normalized spacial score (nSPS) is 5.90. The maximum Gasteiger partial charge on any atom is 0.0135 e. The Bertz CT molecular complexity index is 118. The Hall–Kier alpha value is 0.0969. The smallest absolute Gasteiger partial charge is 0.0135 e. The van der Waals surface area contributed by atoms with Crippen LogP contribution in [0.5, 0.6) is 0 Å². The van der Waals surface area contributed by atoms with E-state index in [0.29, 0.717) is 9.52 Å². The second-order valence-electron chi connectivity index (χ2n) is 3.55. The van der Waals surface area contributed by atoms with E-state index in [-0.39, 0.29) is 37.5 Å². The van der Waals surface area contributed by atoms with Crippen molar-refractivity contribution in [3.63, 3.8) is 0 Å². The third-order valence-corrected chi connectivity index (χ3v) is 1.00. The first-order valence-corrected chi connectivity index (χ1v) is 10.2. The molecular weight excluding hydrogens is 390 g/mol. The van der Waals surface area contributed by atoms with Crippen LogP contribution >= 0.6 is 24.0 Å². The molecule has 0 aromatic heterocycles. The van der Waals surface area contributed by atoms with Crippen molar-refractivity contribution in [3.8, 4) is 0 Å². The van der Waals surface area contributed by atoms with Crippen LogP contribution in [0.25, 0.3) is 0 Å². The van der Waals surface area contributed by atoms with Crippen LogP contribution in [0.15, 0.2) is 37.5 Å². The topological polar surface area (TPSA) is 0 Å². The standard InChI is InChI=1S/C4H10.C4H8.C4H6.C3H8.C2H8Si.CH4.FH.HI.H2/c3*1-3-4-2;2*1-3-2;;;;/h3-4H2,1-2H3;3-4H,1-2H3;3-4H,1-2H2;2*3H2,1-2H3;1H4;3*1H/b;4-3-;;;;;;;. The molecule has 0 N–H and O–H groups in total. The molecule has 0 aromatic rings. The first kappa shape index (κ1) is 49.7. The summed E-state index contributed by atoms with van der Waals surface area (Å²) in [6.45, 7) is 23.9. The van der Waals surface area contributed by atoms with Gasteiger partial charge in [-0.05, 0) is 13.8 Å². The highest BCUT2D eigenvalue weighted by Crippen LogP contribution is 1.76. The third kappa shape index (κ3) is 686. The van der Waals surface area contributed by atoms with Gasteiger partial charge in [0.25, 0.3) is 0 Å². The number of allylic oxidation sites excluding steroid dienone is 4. The molecule has 0 nitrogen and oxygen atoms in total. The van der Waals surface area contributed by atoms with Crippen molar-refractivity contribution in [2.24, 2.45) is 0 Å². The minimum atomic E-state index is 0. The molecule has 0 radical (unpaired) electrons. The van der Waals surface area contributed by atoms with Crippen LogP contribution in [0.4, 0.5) is 4.70 Å². The fourth-order valence-corrected chi connectivity index (χ4v) is 0. The zero-order valence-corrected chi connectivity index (χ0v) is 19.1. The van der Waals surface area contributed by atoms with E-state index in [2.05, 4.69) is 53.9 Å². The molecule has 0 spiro atoms. The maximum atomic E-state index is 3.36. The molecule has 138 valence electrons. The van der Waals surface area contributed by atoms with Crippen molar-refractivity contribution in [1.82, 2.24) is 0 Å². The number of halogens is 2. The summed E-state index contributed by atoms with van der Waals surface area (Å²) >= 11 is 0. The summed E-state index contributed by atoms with van der Waals surface area (Å²) in [5, 5.41) is 0. The summed E-state index contributed by atoms with van der Waals surface area (Å²) in [7, 11) is 0.417. The molecule has 0 aliphatic carbocycles. The number of rotatable bonds is 2. The van der Waals surface area contributed by atoms with Gasteiger partial charge in [0.15, 0.2) is 0 Å². The van der Waals surface area contributed by atoms with Crippen LogP contribution in [0, 0.1) is 0 Å². The lowest BCUT2D eigenvalue weighted by molar-refractivity contribution is 0.886. The van der Waals surface area contributed by atoms with E-state index in [1.165, 1.54) is 19.3 Å². The molecule has 0 rings (SSSR count). The Morgan fingerprint density at radius 2 is 1.00 bits per heavy atom. The summed E-state index contributed by atoms with van der Waals surface area (Å²) in [4.78, 5) is 0. The summed E-state index contributed by atoms with van der Waals surface area (Å²) in [6.07, 6.45) is 11.2. The highest BCUT2D eigenvalue weighted by atomic mass is 127. The van der Waals surface area contributed by atoms with Gasteiger partial charge in [0.2, 0.25) is 0 Å². The minimum absolute atomic E-state index is 0. The Labute approximate surface area is 158 Å². The first-order valence-electron chi connectivity index (χ1n) is 7.38. The van der Waals surface area contributed by atoms with Crippen LogP contribution in [-0.2, 0) is 0 Å². The van der Waals surface area contributed by atoms with Gasteiger partial charge in [-0.25, -0.2) is 0 Å². The molecule has 0 fully saturated rings. The van der Waals surface area contributed by atoms with Gasteiger partial charge in [-0.2, -0.15) is 0 Å². The van der Waals surface area contributed by atoms with Gasteiger partial charge in [0.05, 0.1) is 0 Å². The lowest BCUT2D eigenvalue weighted by Gasteiger charge is -1.68. The van der Waals surface area contributed by atoms with E-state index >= 15 is 0 Å². The quantitative estimate of drug-likeness (QED) is 0.177. The number of hydrogen-bond acceptors (Lipinski definition) is 0. The van der Waals surface area contributed by atoms with Gasteiger partial charge in [-0.1, -0.05) is 105 Å². The Balaban J connectivity index is -0.0000000132. The number of unbranched alkanes of at least 4 members (excludes halogenated alkanes) is 1. The highest BCUT2D eigenvalue weighted by Gasteiger charge is 1.56. The van der Waals surface area contributed by atoms with E-state index in [0.717, 1.165) is 0 Å². The molecule has 0 aliphatic heterocycles. The molecule has 0 saturated carbocycles. The fourth-order valence-electron chi connectivity index (χ4n) is 0. The fraction of sp³-hybridized carbons (Fsp3) is 0.667. The van der Waals surface area contributed by atoms with Gasteiger partial charge in [-0.15, -0.1) is 24.0 Å². The summed E-state index contributed by atoms with van der Waals surface area (Å²) in [5.74, 6) is 0. The van der Waals surface area contributed by atoms with Gasteiger partial charge in [0, 0.05) is 10.9 Å². The predicted molar refractivity (Wildman–Crippen MR) is 124 cm³/mol. The van der Waals surface area contributed by atoms with Crippen molar-refractivity contribution < 1.29 is 6.13 Å². The molecule has 0 unspecified atom stereocenters. The zero-order valence-electron chi connectivity index (χ0n) is 15.4. The largest absolute Gasteiger partial charge is 0.269 e. The van der Waals surface area contributed by atoms with Crippen LogP contribution in [0.3, 0.4) is 0 Å². The van der Waals surface area contributed by atoms with Crippen molar-refractivity contribution in [3.05, 3.63) is 37.5 Å². The van der Waals surface area contributed by atoms with Gasteiger partial charge >= 0.3 is 0 Å². The summed E-state index contributed by atoms with van der Waals surface area (Å²) < 4.78 is 0. The van der Waals surface area contributed by atoms with E-state index in [4.69, 9.17) is 0 Å². The Morgan fingerprint density at radius 3 is 1.00 bits per heavy atom. The van der Waals surface area contributed by atoms with Gasteiger partial charge in [0.1, 0.15) is 0 Å². The van der Waals surface area contributed by atoms with Crippen LogP contribution in [0.1, 0.15) is 69.7 Å². The monoisotopic (exact) mass is 438 g/mol. The van der Waals surface area contributed by atoms with Crippen molar-refractivity contribution in [2.75, 3.05) is 0 Å². The molecule has 0 saturated heterocycles. The molecule has 0 aromatic carbocycles. The van der Waals surface area contributed by atoms with Crippen LogP contribution in [0.2, 0.25) is 13.1 Å². The van der Waals surface area contributed by atoms with Gasteiger partial charge < -0.3 is 0 Å². The zero-order chi connectivity index (χ0) is 15.7. The molecule has 0 atom stereocenters. The van der Waals surface area contributed by atoms with Crippen molar-refractivity contribution in [2.45, 2.75) is 81.3 Å². The summed E-state index contributed by atoms with van der Waals surface area (Å²) in [5.41, 5.74) is 0. The van der Waals surface area contributed by atoms with Crippen LogP contribution < -0.4 is 0 Å². The summed E-state index contributed by atoms with van der Waals surface area (Å²) in [6, 6.07) is 0. The van der Waals surface area contributed by atoms with Crippen LogP contribution in [-0.4, -0.2) is 9.52 Å². The Kier molecular flexibility index (Phi) is 264. The van der Waals surface area contributed by atoms with Gasteiger partial charge in [-0.3, -0.25) is 4.70 Å².